The van der Waals surface area contributed by atoms with Gasteiger partial charge in [0.15, 0.2) is 0 Å². The molecule has 2 N–H and O–H groups in total. The topological polar surface area (TPSA) is 89.4 Å². The SMILES string of the molecule is O=C(O)Cn1c2ccccc2c2ccc(OCCCCCOc3ccc(-c4ncc[nH]4)cc3)cc21. The van der Waals surface area contributed by atoms with E-state index >= 15 is 0 Å². The first-order chi connectivity index (χ1) is 17.2. The zero-order valence-corrected chi connectivity index (χ0v) is 19.3. The zero-order valence-electron chi connectivity index (χ0n) is 19.3. The fraction of sp³-hybridized carbons (Fsp3) is 0.214. The van der Waals surface area contributed by atoms with Gasteiger partial charge in [0.05, 0.1) is 18.7 Å². The number of carbonyl (C=O) groups is 1. The number of hydrogen-bond acceptors (Lipinski definition) is 4. The molecule has 35 heavy (non-hydrogen) atoms. The first-order valence-corrected chi connectivity index (χ1v) is 11.8. The second kappa shape index (κ2) is 10.3. The molecule has 0 spiro atoms. The average molecular weight is 470 g/mol. The van der Waals surface area contributed by atoms with E-state index in [9.17, 15) is 9.90 Å². The summed E-state index contributed by atoms with van der Waals surface area (Å²) in [4.78, 5) is 18.8. The van der Waals surface area contributed by atoms with Crippen LogP contribution in [0.1, 0.15) is 19.3 Å². The van der Waals surface area contributed by atoms with E-state index in [1.807, 2.05) is 71.3 Å². The van der Waals surface area contributed by atoms with Crippen molar-refractivity contribution in [3.05, 3.63) is 79.1 Å². The number of carboxylic acid groups (broad SMARTS) is 1. The minimum absolute atomic E-state index is 0.0843. The number of carboxylic acids is 1. The van der Waals surface area contributed by atoms with Gasteiger partial charge in [-0.1, -0.05) is 18.2 Å². The smallest absolute Gasteiger partial charge is 0.323 e. The third kappa shape index (κ3) is 5.14. The van der Waals surface area contributed by atoms with Crippen molar-refractivity contribution in [3.8, 4) is 22.9 Å². The third-order valence-corrected chi connectivity index (χ3v) is 5.99. The molecular weight excluding hydrogens is 442 g/mol. The molecule has 5 aromatic rings. The van der Waals surface area contributed by atoms with E-state index in [0.29, 0.717) is 13.2 Å². The Balaban J connectivity index is 1.10. The quantitative estimate of drug-likeness (QED) is 0.235. The fourth-order valence-corrected chi connectivity index (χ4v) is 4.32. The summed E-state index contributed by atoms with van der Waals surface area (Å²) in [5.74, 6) is 1.58. The van der Waals surface area contributed by atoms with Crippen LogP contribution >= 0.6 is 0 Å². The molecule has 0 amide bonds. The van der Waals surface area contributed by atoms with E-state index in [1.54, 1.807) is 12.4 Å². The highest BCUT2D eigenvalue weighted by molar-refractivity contribution is 6.08. The molecule has 2 aromatic heterocycles. The first kappa shape index (κ1) is 22.5. The summed E-state index contributed by atoms with van der Waals surface area (Å²) in [5, 5.41) is 11.5. The van der Waals surface area contributed by atoms with Gasteiger partial charge in [-0.05, 0) is 61.7 Å². The van der Waals surface area contributed by atoms with Crippen molar-refractivity contribution >= 4 is 27.8 Å². The number of aliphatic carboxylic acids is 1. The lowest BCUT2D eigenvalue weighted by molar-refractivity contribution is -0.137. The second-order valence-electron chi connectivity index (χ2n) is 8.40. The van der Waals surface area contributed by atoms with Crippen LogP contribution in [-0.4, -0.2) is 38.8 Å². The maximum absolute atomic E-state index is 11.4. The first-order valence-electron chi connectivity index (χ1n) is 11.8. The van der Waals surface area contributed by atoms with E-state index in [1.165, 1.54) is 0 Å². The predicted molar refractivity (Wildman–Crippen MR) is 136 cm³/mol. The molecule has 0 aliphatic heterocycles. The zero-order chi connectivity index (χ0) is 24.0. The number of nitrogens with one attached hydrogen (secondary N) is 1. The summed E-state index contributed by atoms with van der Waals surface area (Å²) in [6, 6.07) is 21.7. The molecule has 0 fully saturated rings. The normalized spacial score (nSPS) is 11.2. The van der Waals surface area contributed by atoms with Gasteiger partial charge in [0, 0.05) is 40.3 Å². The number of aromatic nitrogens is 3. The number of ether oxygens (including phenoxy) is 2. The monoisotopic (exact) mass is 469 g/mol. The number of nitrogens with zero attached hydrogens (tertiary/aromatic N) is 2. The maximum atomic E-state index is 11.4. The molecule has 7 heteroatoms. The Bertz CT molecular complexity index is 1420. The van der Waals surface area contributed by atoms with Crippen LogP contribution in [0.5, 0.6) is 11.5 Å². The fourth-order valence-electron chi connectivity index (χ4n) is 4.32. The van der Waals surface area contributed by atoms with Crippen LogP contribution < -0.4 is 9.47 Å². The molecule has 0 aliphatic rings. The van der Waals surface area contributed by atoms with E-state index in [4.69, 9.17) is 9.47 Å². The maximum Gasteiger partial charge on any atom is 0.323 e. The van der Waals surface area contributed by atoms with Gasteiger partial charge in [0.25, 0.3) is 0 Å². The van der Waals surface area contributed by atoms with Crippen molar-refractivity contribution in [2.75, 3.05) is 13.2 Å². The Morgan fingerprint density at radius 2 is 1.57 bits per heavy atom. The molecule has 0 aliphatic carbocycles. The third-order valence-electron chi connectivity index (χ3n) is 5.99. The predicted octanol–water partition coefficient (Wildman–Crippen LogP) is 5.90. The highest BCUT2D eigenvalue weighted by Crippen LogP contribution is 2.31. The van der Waals surface area contributed by atoms with Crippen molar-refractivity contribution in [1.82, 2.24) is 14.5 Å². The van der Waals surface area contributed by atoms with Gasteiger partial charge in [-0.15, -0.1) is 0 Å². The Morgan fingerprint density at radius 1 is 0.857 bits per heavy atom. The molecule has 178 valence electrons. The molecule has 0 saturated carbocycles. The van der Waals surface area contributed by atoms with Crippen LogP contribution in [0.3, 0.4) is 0 Å². The molecule has 0 saturated heterocycles. The molecule has 3 aromatic carbocycles. The summed E-state index contributed by atoms with van der Waals surface area (Å²) in [6.07, 6.45) is 6.39. The van der Waals surface area contributed by atoms with Gasteiger partial charge >= 0.3 is 5.97 Å². The number of benzene rings is 3. The van der Waals surface area contributed by atoms with Crippen LogP contribution in [0, 0.1) is 0 Å². The minimum Gasteiger partial charge on any atom is -0.494 e. The lowest BCUT2D eigenvalue weighted by Gasteiger charge is -2.09. The number of fused-ring (bicyclic) bond motifs is 3. The van der Waals surface area contributed by atoms with Crippen molar-refractivity contribution in [3.63, 3.8) is 0 Å². The van der Waals surface area contributed by atoms with Crippen molar-refractivity contribution in [2.24, 2.45) is 0 Å². The lowest BCUT2D eigenvalue weighted by Crippen LogP contribution is -2.08. The molecule has 2 heterocycles. The van der Waals surface area contributed by atoms with Gasteiger partial charge in [-0.2, -0.15) is 0 Å². The van der Waals surface area contributed by atoms with Crippen LogP contribution in [0.4, 0.5) is 0 Å². The highest BCUT2D eigenvalue weighted by atomic mass is 16.5. The summed E-state index contributed by atoms with van der Waals surface area (Å²) in [7, 11) is 0. The second-order valence-corrected chi connectivity index (χ2v) is 8.40. The number of imidazole rings is 1. The Morgan fingerprint density at radius 3 is 2.31 bits per heavy atom. The summed E-state index contributed by atoms with van der Waals surface area (Å²) in [5.41, 5.74) is 2.82. The molecule has 0 radical (unpaired) electrons. The molecule has 5 rings (SSSR count). The summed E-state index contributed by atoms with van der Waals surface area (Å²) >= 11 is 0. The van der Waals surface area contributed by atoms with Crippen molar-refractivity contribution in [1.29, 1.82) is 0 Å². The van der Waals surface area contributed by atoms with E-state index < -0.39 is 5.97 Å². The van der Waals surface area contributed by atoms with Gasteiger partial charge in [-0.3, -0.25) is 4.79 Å². The Kier molecular flexibility index (Phi) is 6.66. The Hall–Kier alpha value is -4.26. The number of hydrogen-bond donors (Lipinski definition) is 2. The van der Waals surface area contributed by atoms with Crippen molar-refractivity contribution < 1.29 is 19.4 Å². The van der Waals surface area contributed by atoms with Crippen LogP contribution in [0.2, 0.25) is 0 Å². The van der Waals surface area contributed by atoms with Gasteiger partial charge in [-0.25, -0.2) is 4.98 Å². The largest absolute Gasteiger partial charge is 0.494 e. The summed E-state index contributed by atoms with van der Waals surface area (Å²) < 4.78 is 13.6. The van der Waals surface area contributed by atoms with Crippen LogP contribution in [0.25, 0.3) is 33.2 Å². The number of aromatic amines is 1. The van der Waals surface area contributed by atoms with Crippen molar-refractivity contribution in [2.45, 2.75) is 25.8 Å². The number of unbranched alkanes of at least 4 members (excludes halogenated alkanes) is 2. The molecule has 0 unspecified atom stereocenters. The van der Waals surface area contributed by atoms with E-state index in [0.717, 1.165) is 64.0 Å². The average Bonchev–Trinajstić information content (AvgIpc) is 3.51. The van der Waals surface area contributed by atoms with E-state index in [-0.39, 0.29) is 6.54 Å². The molecule has 7 nitrogen and oxygen atoms in total. The standard InChI is InChI=1S/C28H27N3O4/c32-27(33)19-31-25-7-3-2-6-23(25)24-13-12-22(18-26(24)31)35-17-5-1-4-16-34-21-10-8-20(9-11-21)28-29-14-15-30-28/h2-3,6-15,18H,1,4-5,16-17,19H2,(H,29,30)(H,32,33). The van der Waals surface area contributed by atoms with Crippen LogP contribution in [-0.2, 0) is 11.3 Å². The summed E-state index contributed by atoms with van der Waals surface area (Å²) in [6.45, 7) is 1.17. The minimum atomic E-state index is -0.866. The Labute approximate surface area is 202 Å². The van der Waals surface area contributed by atoms with Gasteiger partial charge < -0.3 is 24.1 Å². The van der Waals surface area contributed by atoms with Gasteiger partial charge in [0.2, 0.25) is 0 Å². The molecule has 0 atom stereocenters. The van der Waals surface area contributed by atoms with Crippen LogP contribution in [0.15, 0.2) is 79.1 Å². The number of rotatable bonds is 11. The number of H-pyrrole nitrogens is 1. The molecular formula is C28H27N3O4. The van der Waals surface area contributed by atoms with E-state index in [2.05, 4.69) is 9.97 Å². The highest BCUT2D eigenvalue weighted by Gasteiger charge is 2.13. The number of para-hydroxylation sites is 1. The molecule has 0 bridgehead atoms. The van der Waals surface area contributed by atoms with Gasteiger partial charge in [0.1, 0.15) is 23.9 Å². The lowest BCUT2D eigenvalue weighted by atomic mass is 10.1.